The van der Waals surface area contributed by atoms with Gasteiger partial charge in [-0.05, 0) is 104 Å². The van der Waals surface area contributed by atoms with E-state index in [0.717, 1.165) is 58.0 Å². The molecule has 7 fully saturated rings. The molecule has 242 valence electrons. The molecule has 8 nitrogen and oxygen atoms in total. The molecule has 4 unspecified atom stereocenters. The molecule has 0 bridgehead atoms. The van der Waals surface area contributed by atoms with Crippen LogP contribution in [0.2, 0.25) is 0 Å². The van der Waals surface area contributed by atoms with E-state index in [1.807, 2.05) is 18.7 Å². The first-order valence-electron chi connectivity index (χ1n) is 17.4. The van der Waals surface area contributed by atoms with Crippen molar-refractivity contribution in [3.05, 3.63) is 0 Å². The van der Waals surface area contributed by atoms with Crippen molar-refractivity contribution < 1.29 is 28.9 Å². The normalized spacial score (nSPS) is 51.5. The number of carbonyl (C=O) groups excluding carboxylic acids is 2. The molecule has 0 aromatic heterocycles. The molecule has 13 atom stereocenters. The van der Waals surface area contributed by atoms with E-state index in [2.05, 4.69) is 34.6 Å². The first-order valence-corrected chi connectivity index (χ1v) is 17.4. The zero-order valence-electron chi connectivity index (χ0n) is 27.6. The smallest absolute Gasteiger partial charge is 0.410 e. The second-order valence-corrected chi connectivity index (χ2v) is 17.4. The number of rotatable bonds is 4. The number of nitrogens with two attached hydrogens (primary N) is 1. The number of hydrogen-bond acceptors (Lipinski definition) is 6. The monoisotopic (exact) mass is 600 g/mol. The maximum atomic E-state index is 12.8. The van der Waals surface area contributed by atoms with Gasteiger partial charge in [0.25, 0.3) is 0 Å². The SMILES string of the molecule is CC(C)[C@@H](OC(N)=O)C1C[C@@H](C)[C@H]2C(O1)[C@H](O)[C@@]1(C)C3CC[C@H]4C(C)(C)C(OC(=O)N5CCC5)CC[C@@]45C[C@@]35CC[C@]21C. The number of ether oxygens (including phenoxy) is 3. The van der Waals surface area contributed by atoms with E-state index >= 15 is 0 Å². The van der Waals surface area contributed by atoms with Gasteiger partial charge in [0, 0.05) is 23.9 Å². The second kappa shape index (κ2) is 9.49. The summed E-state index contributed by atoms with van der Waals surface area (Å²) in [5.74, 6) is 1.66. The Morgan fingerprint density at radius 2 is 1.67 bits per heavy atom. The van der Waals surface area contributed by atoms with Gasteiger partial charge in [0.15, 0.2) is 0 Å². The van der Waals surface area contributed by atoms with Gasteiger partial charge in [-0.15, -0.1) is 0 Å². The van der Waals surface area contributed by atoms with E-state index in [9.17, 15) is 14.7 Å². The highest BCUT2D eigenvalue weighted by atomic mass is 16.6. The summed E-state index contributed by atoms with van der Waals surface area (Å²) in [5.41, 5.74) is 5.67. The summed E-state index contributed by atoms with van der Waals surface area (Å²) >= 11 is 0. The molecule has 7 rings (SSSR count). The topological polar surface area (TPSA) is 111 Å². The lowest BCUT2D eigenvalue weighted by atomic mass is 9.41. The first-order chi connectivity index (χ1) is 20.1. The minimum absolute atomic E-state index is 0.0225. The molecule has 0 aromatic carbocycles. The minimum Gasteiger partial charge on any atom is -0.446 e. The molecule has 2 saturated heterocycles. The largest absolute Gasteiger partial charge is 0.446 e. The number of aliphatic hydroxyl groups excluding tert-OH is 1. The molecule has 7 aliphatic rings. The van der Waals surface area contributed by atoms with Crippen molar-refractivity contribution >= 4 is 12.2 Å². The van der Waals surface area contributed by atoms with Gasteiger partial charge < -0.3 is 30.0 Å². The lowest BCUT2D eigenvalue weighted by molar-refractivity contribution is -0.185. The number of amides is 2. The Kier molecular flexibility index (Phi) is 6.65. The van der Waals surface area contributed by atoms with Crippen LogP contribution in [0, 0.1) is 56.7 Å². The first kappa shape index (κ1) is 30.1. The fourth-order valence-corrected chi connectivity index (χ4v) is 13.2. The molecule has 43 heavy (non-hydrogen) atoms. The highest BCUT2D eigenvalue weighted by Crippen LogP contribution is 2.89. The summed E-state index contributed by atoms with van der Waals surface area (Å²) in [7, 11) is 0. The molecular weight excluding hydrogens is 544 g/mol. The van der Waals surface area contributed by atoms with Crippen LogP contribution in [0.4, 0.5) is 9.59 Å². The molecule has 8 heteroatoms. The molecular formula is C35H56N2O6. The van der Waals surface area contributed by atoms with Crippen LogP contribution in [0.25, 0.3) is 0 Å². The minimum atomic E-state index is -0.762. The molecule has 5 aliphatic carbocycles. The quantitative estimate of drug-likeness (QED) is 0.402. The third-order valence-corrected chi connectivity index (χ3v) is 15.4. The van der Waals surface area contributed by atoms with Crippen molar-refractivity contribution in [1.29, 1.82) is 0 Å². The molecule has 5 saturated carbocycles. The van der Waals surface area contributed by atoms with Crippen LogP contribution in [0.1, 0.15) is 106 Å². The van der Waals surface area contributed by atoms with Gasteiger partial charge >= 0.3 is 12.2 Å². The Labute approximate surface area is 258 Å². The van der Waals surface area contributed by atoms with Crippen LogP contribution < -0.4 is 5.73 Å². The maximum absolute atomic E-state index is 12.8. The van der Waals surface area contributed by atoms with E-state index < -0.39 is 18.3 Å². The summed E-state index contributed by atoms with van der Waals surface area (Å²) < 4.78 is 18.7. The second-order valence-electron chi connectivity index (χ2n) is 17.4. The van der Waals surface area contributed by atoms with Gasteiger partial charge in [0.05, 0.1) is 18.3 Å². The lowest BCUT2D eigenvalue weighted by Crippen LogP contribution is -2.60. The van der Waals surface area contributed by atoms with Crippen molar-refractivity contribution in [2.45, 2.75) is 137 Å². The van der Waals surface area contributed by atoms with Gasteiger partial charge in [-0.3, -0.25) is 0 Å². The standard InChI is InChI=1S/C35H56N2O6/c1-19(2)26(43-29(36)39)21-17-20(3)25-27(41-21)28(38)33(7)23-10-9-22-31(4,5)24(42-30(40)37-15-8-16-37)11-12-34(22)18-35(23,34)14-13-32(25,33)6/h19-28,38H,8-18H2,1-7H3,(H2,36,39)/t20-,21?,22+,23?,24?,25+,26-,27?,28+,32-,33-,34-,35+/m1/s1. The number of nitrogens with zero attached hydrogens (tertiary/aromatic N) is 1. The molecule has 0 radical (unpaired) electrons. The number of hydrogen-bond donors (Lipinski definition) is 2. The Bertz CT molecular complexity index is 1170. The zero-order chi connectivity index (χ0) is 30.9. The van der Waals surface area contributed by atoms with Crippen molar-refractivity contribution in [3.63, 3.8) is 0 Å². The van der Waals surface area contributed by atoms with Crippen molar-refractivity contribution in [2.24, 2.45) is 62.4 Å². The van der Waals surface area contributed by atoms with Crippen LogP contribution in [0.5, 0.6) is 0 Å². The molecule has 3 N–H and O–H groups in total. The fraction of sp³-hybridized carbons (Fsp3) is 0.943. The summed E-state index contributed by atoms with van der Waals surface area (Å²) in [4.78, 5) is 26.5. The highest BCUT2D eigenvalue weighted by Gasteiger charge is 2.84. The van der Waals surface area contributed by atoms with Gasteiger partial charge in [-0.2, -0.15) is 0 Å². The summed E-state index contributed by atoms with van der Waals surface area (Å²) in [6.45, 7) is 17.6. The number of aliphatic hydroxyl groups is 1. The Morgan fingerprint density at radius 3 is 2.30 bits per heavy atom. The van der Waals surface area contributed by atoms with E-state index in [0.29, 0.717) is 17.8 Å². The van der Waals surface area contributed by atoms with Crippen molar-refractivity contribution in [2.75, 3.05) is 13.1 Å². The summed E-state index contributed by atoms with van der Waals surface area (Å²) in [6, 6.07) is 0. The van der Waals surface area contributed by atoms with Crippen LogP contribution in [-0.4, -0.2) is 65.8 Å². The average Bonchev–Trinajstić information content (AvgIpc) is 3.52. The zero-order valence-corrected chi connectivity index (χ0v) is 27.6. The van der Waals surface area contributed by atoms with E-state index in [1.54, 1.807) is 0 Å². The van der Waals surface area contributed by atoms with Crippen LogP contribution in [0.3, 0.4) is 0 Å². The van der Waals surface area contributed by atoms with Gasteiger partial charge in [0.2, 0.25) is 0 Å². The van der Waals surface area contributed by atoms with Gasteiger partial charge in [-0.1, -0.05) is 48.5 Å². The third-order valence-electron chi connectivity index (χ3n) is 15.4. The lowest BCUT2D eigenvalue weighted by Gasteiger charge is -2.63. The van der Waals surface area contributed by atoms with E-state index in [1.165, 1.54) is 12.8 Å². The van der Waals surface area contributed by atoms with E-state index in [-0.39, 0.29) is 63.3 Å². The number of likely N-dealkylation sites (tertiary alicyclic amines) is 1. The fourth-order valence-electron chi connectivity index (χ4n) is 13.2. The Morgan fingerprint density at radius 1 is 1.00 bits per heavy atom. The van der Waals surface area contributed by atoms with Crippen LogP contribution >= 0.6 is 0 Å². The molecule has 2 spiro atoms. The number of primary amides is 1. The summed E-state index contributed by atoms with van der Waals surface area (Å²) in [6.07, 6.45) is 7.36. The average molecular weight is 601 g/mol. The van der Waals surface area contributed by atoms with Crippen molar-refractivity contribution in [1.82, 2.24) is 4.90 Å². The van der Waals surface area contributed by atoms with Gasteiger partial charge in [-0.25, -0.2) is 9.59 Å². The van der Waals surface area contributed by atoms with Crippen LogP contribution in [0.15, 0.2) is 0 Å². The van der Waals surface area contributed by atoms with E-state index in [4.69, 9.17) is 19.9 Å². The summed E-state index contributed by atoms with van der Waals surface area (Å²) in [5, 5.41) is 12.5. The van der Waals surface area contributed by atoms with Crippen LogP contribution in [-0.2, 0) is 14.2 Å². The predicted molar refractivity (Wildman–Crippen MR) is 162 cm³/mol. The Balaban J connectivity index is 1.16. The molecule has 2 aliphatic heterocycles. The molecule has 2 amide bonds. The van der Waals surface area contributed by atoms with Crippen molar-refractivity contribution in [3.8, 4) is 0 Å². The predicted octanol–water partition coefficient (Wildman–Crippen LogP) is 6.13. The number of fused-ring (bicyclic) bond motifs is 4. The third kappa shape index (κ3) is 3.74. The maximum Gasteiger partial charge on any atom is 0.410 e. The highest BCUT2D eigenvalue weighted by molar-refractivity contribution is 5.68. The molecule has 2 heterocycles. The number of carbonyl (C=O) groups is 2. The Hall–Kier alpha value is -1.54. The van der Waals surface area contributed by atoms with Gasteiger partial charge in [0.1, 0.15) is 12.2 Å². The molecule has 0 aromatic rings.